The van der Waals surface area contributed by atoms with Gasteiger partial charge in [-0.25, -0.2) is 15.0 Å². The van der Waals surface area contributed by atoms with Crippen LogP contribution in [0.2, 0.25) is 0 Å². The van der Waals surface area contributed by atoms with Crippen molar-refractivity contribution >= 4 is 55.0 Å². The van der Waals surface area contributed by atoms with Crippen LogP contribution in [-0.2, 0) is 0 Å². The monoisotopic (exact) mass is 719 g/mol. The molecule has 0 spiro atoms. The molecule has 5 heteroatoms. The molecule has 1 aliphatic carbocycles. The number of benzene rings is 7. The van der Waals surface area contributed by atoms with E-state index in [-0.39, 0.29) is 0 Å². The number of hydrogen-bond donors (Lipinski definition) is 0. The van der Waals surface area contributed by atoms with E-state index in [1.807, 2.05) is 30.3 Å². The van der Waals surface area contributed by atoms with E-state index in [9.17, 15) is 0 Å². The van der Waals surface area contributed by atoms with E-state index in [0.717, 1.165) is 101 Å². The summed E-state index contributed by atoms with van der Waals surface area (Å²) < 4.78 is 12.6. The Morgan fingerprint density at radius 1 is 0.304 bits per heavy atom. The highest BCUT2D eigenvalue weighted by molar-refractivity contribution is 6.15. The van der Waals surface area contributed by atoms with Gasteiger partial charge < -0.3 is 8.83 Å². The number of aromatic nitrogens is 3. The first kappa shape index (κ1) is 32.1. The fourth-order valence-corrected chi connectivity index (χ4v) is 7.99. The van der Waals surface area contributed by atoms with Crippen molar-refractivity contribution in [2.75, 3.05) is 0 Å². The van der Waals surface area contributed by atoms with Crippen LogP contribution in [-0.4, -0.2) is 15.0 Å². The lowest BCUT2D eigenvalue weighted by molar-refractivity contribution is 0.664. The number of hydrogen-bond acceptors (Lipinski definition) is 5. The quantitative estimate of drug-likeness (QED) is 0.171. The average Bonchev–Trinajstić information content (AvgIpc) is 3.83. The molecule has 56 heavy (non-hydrogen) atoms. The molecular formula is C51H33N3O2. The lowest BCUT2D eigenvalue weighted by atomic mass is 9.91. The first-order chi connectivity index (χ1) is 27.7. The Labute approximate surface area is 322 Å². The van der Waals surface area contributed by atoms with Crippen molar-refractivity contribution in [3.63, 3.8) is 0 Å². The smallest absolute Gasteiger partial charge is 0.164 e. The summed E-state index contributed by atoms with van der Waals surface area (Å²) in [5.41, 5.74) is 13.0. The number of nitrogens with zero attached hydrogens (tertiary/aromatic N) is 3. The fourth-order valence-electron chi connectivity index (χ4n) is 7.99. The number of para-hydroxylation sites is 1. The molecule has 5 nitrogen and oxygen atoms in total. The second kappa shape index (κ2) is 13.2. The molecule has 0 fully saturated rings. The largest absolute Gasteiger partial charge is 0.456 e. The maximum absolute atomic E-state index is 6.38. The molecule has 0 aliphatic heterocycles. The minimum atomic E-state index is 0.625. The van der Waals surface area contributed by atoms with Crippen molar-refractivity contribution in [2.45, 2.75) is 12.8 Å². The number of allylic oxidation sites excluding steroid dienone is 4. The van der Waals surface area contributed by atoms with Gasteiger partial charge in [-0.3, -0.25) is 0 Å². The van der Waals surface area contributed by atoms with Gasteiger partial charge >= 0.3 is 0 Å². The lowest BCUT2D eigenvalue weighted by Gasteiger charge is -2.17. The zero-order valence-electron chi connectivity index (χ0n) is 30.3. The molecule has 0 atom stereocenters. The molecule has 0 saturated heterocycles. The van der Waals surface area contributed by atoms with Gasteiger partial charge in [0.1, 0.15) is 22.3 Å². The zero-order chi connectivity index (χ0) is 37.0. The Morgan fingerprint density at radius 2 is 0.804 bits per heavy atom. The Kier molecular flexibility index (Phi) is 7.56. The van der Waals surface area contributed by atoms with Crippen molar-refractivity contribution in [3.05, 3.63) is 187 Å². The first-order valence-corrected chi connectivity index (χ1v) is 19.0. The third-order valence-electron chi connectivity index (χ3n) is 10.8. The Balaban J connectivity index is 1.02. The van der Waals surface area contributed by atoms with Crippen molar-refractivity contribution in [2.24, 2.45) is 0 Å². The van der Waals surface area contributed by atoms with Gasteiger partial charge in [0.15, 0.2) is 17.5 Å². The van der Waals surface area contributed by atoms with Gasteiger partial charge in [-0.2, -0.15) is 0 Å². The van der Waals surface area contributed by atoms with E-state index in [4.69, 9.17) is 23.8 Å². The third kappa shape index (κ3) is 5.60. The van der Waals surface area contributed by atoms with E-state index in [1.54, 1.807) is 0 Å². The van der Waals surface area contributed by atoms with Crippen molar-refractivity contribution in [1.82, 2.24) is 15.0 Å². The van der Waals surface area contributed by atoms with Crippen LogP contribution in [0, 0.1) is 0 Å². The molecule has 0 unspecified atom stereocenters. The van der Waals surface area contributed by atoms with E-state index >= 15 is 0 Å². The summed E-state index contributed by atoms with van der Waals surface area (Å²) in [6.07, 6.45) is 6.47. The fraction of sp³-hybridized carbons (Fsp3) is 0.0392. The van der Waals surface area contributed by atoms with Crippen LogP contribution < -0.4 is 0 Å². The summed E-state index contributed by atoms with van der Waals surface area (Å²) >= 11 is 0. The van der Waals surface area contributed by atoms with E-state index in [0.29, 0.717) is 17.5 Å². The highest BCUT2D eigenvalue weighted by Gasteiger charge is 2.20. The van der Waals surface area contributed by atoms with Crippen LogP contribution in [0.25, 0.3) is 100 Å². The summed E-state index contributed by atoms with van der Waals surface area (Å²) in [7, 11) is 0. The highest BCUT2D eigenvalue weighted by Crippen LogP contribution is 2.39. The van der Waals surface area contributed by atoms with Crippen LogP contribution in [0.3, 0.4) is 0 Å². The molecule has 0 radical (unpaired) electrons. The van der Waals surface area contributed by atoms with Gasteiger partial charge in [0, 0.05) is 38.2 Å². The molecule has 0 saturated carbocycles. The maximum atomic E-state index is 6.38. The Bertz CT molecular complexity index is 3170. The summed E-state index contributed by atoms with van der Waals surface area (Å²) in [4.78, 5) is 15.5. The Morgan fingerprint density at radius 3 is 1.57 bits per heavy atom. The van der Waals surface area contributed by atoms with Crippen molar-refractivity contribution < 1.29 is 8.83 Å². The molecule has 0 N–H and O–H groups in total. The molecule has 1 aliphatic rings. The minimum Gasteiger partial charge on any atom is -0.456 e. The molecule has 10 aromatic rings. The second-order valence-electron chi connectivity index (χ2n) is 14.3. The summed E-state index contributed by atoms with van der Waals surface area (Å²) in [5.74, 6) is 1.93. The average molecular weight is 720 g/mol. The van der Waals surface area contributed by atoms with Crippen LogP contribution in [0.4, 0.5) is 0 Å². The molecule has 3 heterocycles. The standard InChI is InChI=1S/C51H33N3O2/c1-3-12-32(13-4-1)33-22-24-35(25-23-33)49-52-50(54-51(53-49)41-20-8-7-18-39(41)34-14-5-2-6-15-34)38-17-11-16-36(28-38)37-26-27-46-42(29-37)44-31-47-43(30-48(44)56-46)40-19-9-10-21-45(40)55-47/h1-6,9-31H,7-8H2. The predicted molar refractivity (Wildman–Crippen MR) is 228 cm³/mol. The SMILES string of the molecule is C1=C(c2ccccc2)C(c2nc(-c3ccc(-c4ccccc4)cc3)nc(-c3cccc(-c4ccc5oc6cc7c(cc6c5c4)oc4ccccc47)c3)n2)=CCC1. The summed E-state index contributed by atoms with van der Waals surface area (Å²) in [6.45, 7) is 0. The highest BCUT2D eigenvalue weighted by atomic mass is 16.3. The van der Waals surface area contributed by atoms with Gasteiger partial charge in [0.25, 0.3) is 0 Å². The topological polar surface area (TPSA) is 65.0 Å². The van der Waals surface area contributed by atoms with Gasteiger partial charge in [-0.1, -0.05) is 140 Å². The van der Waals surface area contributed by atoms with Crippen LogP contribution >= 0.6 is 0 Å². The molecule has 3 aromatic heterocycles. The number of fused-ring (bicyclic) bond motifs is 6. The number of furan rings is 2. The van der Waals surface area contributed by atoms with Crippen molar-refractivity contribution in [1.29, 1.82) is 0 Å². The normalized spacial score (nSPS) is 13.1. The molecule has 0 amide bonds. The van der Waals surface area contributed by atoms with Crippen LogP contribution in [0.5, 0.6) is 0 Å². The maximum Gasteiger partial charge on any atom is 0.164 e. The zero-order valence-corrected chi connectivity index (χ0v) is 30.3. The minimum absolute atomic E-state index is 0.625. The van der Waals surface area contributed by atoms with Gasteiger partial charge in [-0.15, -0.1) is 0 Å². The van der Waals surface area contributed by atoms with E-state index < -0.39 is 0 Å². The van der Waals surface area contributed by atoms with Crippen LogP contribution in [0.15, 0.2) is 185 Å². The molecular weight excluding hydrogens is 687 g/mol. The summed E-state index contributed by atoms with van der Waals surface area (Å²) in [5, 5.41) is 4.21. The van der Waals surface area contributed by atoms with E-state index in [2.05, 4.69) is 146 Å². The number of rotatable bonds is 6. The molecule has 7 aromatic carbocycles. The van der Waals surface area contributed by atoms with Gasteiger partial charge in [0.05, 0.1) is 0 Å². The molecule has 264 valence electrons. The summed E-state index contributed by atoms with van der Waals surface area (Å²) in [6, 6.07) is 56.6. The predicted octanol–water partition coefficient (Wildman–Crippen LogP) is 13.6. The van der Waals surface area contributed by atoms with E-state index in [1.165, 1.54) is 5.56 Å². The van der Waals surface area contributed by atoms with Crippen molar-refractivity contribution in [3.8, 4) is 45.0 Å². The van der Waals surface area contributed by atoms with Gasteiger partial charge in [-0.05, 0) is 82.6 Å². The second-order valence-corrected chi connectivity index (χ2v) is 14.3. The lowest BCUT2D eigenvalue weighted by Crippen LogP contribution is -2.05. The Hall–Kier alpha value is -7.37. The molecule has 11 rings (SSSR count). The third-order valence-corrected chi connectivity index (χ3v) is 10.8. The first-order valence-electron chi connectivity index (χ1n) is 19.0. The van der Waals surface area contributed by atoms with Crippen LogP contribution in [0.1, 0.15) is 24.2 Å². The molecule has 0 bridgehead atoms. The van der Waals surface area contributed by atoms with Gasteiger partial charge in [0.2, 0.25) is 0 Å².